The Morgan fingerprint density at radius 2 is 1.95 bits per heavy atom. The number of nitriles is 1. The van der Waals surface area contributed by atoms with Gasteiger partial charge in [0.1, 0.15) is 11.6 Å². The Bertz CT molecular complexity index is 757. The Morgan fingerprint density at radius 1 is 1.25 bits per heavy atom. The Morgan fingerprint density at radius 3 is 2.55 bits per heavy atom. The zero-order valence-corrected chi connectivity index (χ0v) is 11.6. The van der Waals surface area contributed by atoms with Crippen LogP contribution >= 0.6 is 12.6 Å². The predicted octanol–water partition coefficient (Wildman–Crippen LogP) is 1.40. The fourth-order valence-electron chi connectivity index (χ4n) is 1.93. The lowest BCUT2D eigenvalue weighted by atomic mass is 10.1. The van der Waals surface area contributed by atoms with E-state index in [2.05, 4.69) is 17.6 Å². The molecule has 0 aliphatic carbocycles. The molecule has 0 atom stereocenters. The van der Waals surface area contributed by atoms with E-state index in [1.165, 1.54) is 0 Å². The lowest BCUT2D eigenvalue weighted by Crippen LogP contribution is -2.37. The van der Waals surface area contributed by atoms with Crippen LogP contribution in [0.5, 0.6) is 0 Å². The summed E-state index contributed by atoms with van der Waals surface area (Å²) in [6, 6.07) is 10.7. The van der Waals surface area contributed by atoms with Gasteiger partial charge in [0.25, 0.3) is 5.56 Å². The van der Waals surface area contributed by atoms with Gasteiger partial charge in [-0.3, -0.25) is 9.36 Å². The molecule has 0 saturated carbocycles. The van der Waals surface area contributed by atoms with Crippen LogP contribution in [0, 0.1) is 11.3 Å². The molecule has 0 saturated heterocycles. The monoisotopic (exact) mass is 287 g/mol. The van der Waals surface area contributed by atoms with Crippen LogP contribution in [-0.4, -0.2) is 15.3 Å². The Hall–Kier alpha value is -2.26. The van der Waals surface area contributed by atoms with Crippen LogP contribution < -0.4 is 11.2 Å². The van der Waals surface area contributed by atoms with Crippen LogP contribution in [0.25, 0.3) is 11.3 Å². The van der Waals surface area contributed by atoms with Crippen molar-refractivity contribution in [1.29, 1.82) is 5.26 Å². The molecule has 0 aliphatic heterocycles. The van der Waals surface area contributed by atoms with Crippen molar-refractivity contribution in [3.63, 3.8) is 0 Å². The summed E-state index contributed by atoms with van der Waals surface area (Å²) in [4.78, 5) is 26.8. The van der Waals surface area contributed by atoms with Gasteiger partial charge >= 0.3 is 5.69 Å². The summed E-state index contributed by atoms with van der Waals surface area (Å²) in [7, 11) is 0. The maximum atomic E-state index is 12.2. The minimum absolute atomic E-state index is 0.0463. The van der Waals surface area contributed by atoms with Gasteiger partial charge in [0, 0.05) is 6.54 Å². The fourth-order valence-corrected chi connectivity index (χ4v) is 2.07. The van der Waals surface area contributed by atoms with Crippen molar-refractivity contribution in [2.45, 2.75) is 13.0 Å². The average Bonchev–Trinajstić information content (AvgIpc) is 2.47. The quantitative estimate of drug-likeness (QED) is 0.834. The van der Waals surface area contributed by atoms with E-state index in [0.717, 1.165) is 4.57 Å². The van der Waals surface area contributed by atoms with Crippen molar-refractivity contribution >= 4 is 12.6 Å². The van der Waals surface area contributed by atoms with Crippen LogP contribution in [0.1, 0.15) is 12.0 Å². The third-order valence-corrected chi connectivity index (χ3v) is 3.22. The van der Waals surface area contributed by atoms with Gasteiger partial charge in [0.15, 0.2) is 0 Å². The standard InChI is InChI=1S/C14H13N3O2S/c15-9-11-12(10-5-2-1-3-6-10)16-14(19)17(13(11)18)7-4-8-20/h1-3,5-6,20H,4,7-8H2,(H,16,19). The molecule has 102 valence electrons. The SMILES string of the molecule is N#Cc1c(-c2ccccc2)[nH]c(=O)n(CCCS)c1=O. The first kappa shape index (κ1) is 14.2. The first-order valence-electron chi connectivity index (χ1n) is 6.12. The molecular formula is C14H13N3O2S. The second kappa shape index (κ2) is 6.26. The van der Waals surface area contributed by atoms with Gasteiger partial charge in [0.2, 0.25) is 0 Å². The van der Waals surface area contributed by atoms with E-state index < -0.39 is 11.2 Å². The maximum Gasteiger partial charge on any atom is 0.328 e. The van der Waals surface area contributed by atoms with Crippen molar-refractivity contribution in [1.82, 2.24) is 9.55 Å². The number of nitrogens with one attached hydrogen (secondary N) is 1. The molecule has 6 heteroatoms. The smallest absolute Gasteiger partial charge is 0.305 e. The highest BCUT2D eigenvalue weighted by atomic mass is 32.1. The van der Waals surface area contributed by atoms with Crippen molar-refractivity contribution in [3.8, 4) is 17.3 Å². The van der Waals surface area contributed by atoms with Crippen molar-refractivity contribution < 1.29 is 0 Å². The first-order chi connectivity index (χ1) is 9.69. The van der Waals surface area contributed by atoms with E-state index in [0.29, 0.717) is 17.7 Å². The number of benzene rings is 1. The highest BCUT2D eigenvalue weighted by Crippen LogP contribution is 2.16. The fraction of sp³-hybridized carbons (Fsp3) is 0.214. The minimum Gasteiger partial charge on any atom is -0.305 e. The molecule has 0 unspecified atom stereocenters. The Kier molecular flexibility index (Phi) is 4.43. The topological polar surface area (TPSA) is 78.7 Å². The molecule has 0 radical (unpaired) electrons. The van der Waals surface area contributed by atoms with Crippen LogP contribution in [0.4, 0.5) is 0 Å². The molecule has 1 aromatic heterocycles. The van der Waals surface area contributed by atoms with E-state index in [1.54, 1.807) is 24.3 Å². The molecule has 2 rings (SSSR count). The van der Waals surface area contributed by atoms with Gasteiger partial charge in [-0.05, 0) is 17.7 Å². The molecule has 0 bridgehead atoms. The zero-order valence-electron chi connectivity index (χ0n) is 10.7. The Labute approximate surface area is 120 Å². The van der Waals surface area contributed by atoms with Crippen LogP contribution in [0.2, 0.25) is 0 Å². The third-order valence-electron chi connectivity index (χ3n) is 2.90. The second-order valence-corrected chi connectivity index (χ2v) is 4.64. The molecule has 20 heavy (non-hydrogen) atoms. The number of nitrogens with zero attached hydrogens (tertiary/aromatic N) is 2. The highest BCUT2D eigenvalue weighted by molar-refractivity contribution is 7.80. The molecule has 5 nitrogen and oxygen atoms in total. The number of H-pyrrole nitrogens is 1. The van der Waals surface area contributed by atoms with E-state index in [9.17, 15) is 14.9 Å². The van der Waals surface area contributed by atoms with Gasteiger partial charge in [-0.2, -0.15) is 17.9 Å². The Balaban J connectivity index is 2.65. The molecule has 0 spiro atoms. The number of thiol groups is 1. The molecule has 0 aliphatic rings. The van der Waals surface area contributed by atoms with Crippen LogP contribution in [0.3, 0.4) is 0 Å². The molecule has 1 aromatic carbocycles. The third kappa shape index (κ3) is 2.68. The number of hydrogen-bond donors (Lipinski definition) is 2. The summed E-state index contributed by atoms with van der Waals surface area (Å²) in [6.07, 6.45) is 0.585. The largest absolute Gasteiger partial charge is 0.328 e. The van der Waals surface area contributed by atoms with Crippen molar-refractivity contribution in [3.05, 3.63) is 56.7 Å². The molecule has 0 amide bonds. The summed E-state index contributed by atoms with van der Waals surface area (Å²) in [5, 5.41) is 9.20. The summed E-state index contributed by atoms with van der Waals surface area (Å²) >= 11 is 4.05. The minimum atomic E-state index is -0.558. The van der Waals surface area contributed by atoms with Crippen LogP contribution in [0.15, 0.2) is 39.9 Å². The van der Waals surface area contributed by atoms with E-state index in [-0.39, 0.29) is 17.8 Å². The van der Waals surface area contributed by atoms with Gasteiger partial charge in [0.05, 0.1) is 5.69 Å². The molecule has 1 N–H and O–H groups in total. The summed E-state index contributed by atoms with van der Waals surface area (Å²) < 4.78 is 1.04. The van der Waals surface area contributed by atoms with Crippen LogP contribution in [-0.2, 0) is 6.54 Å². The van der Waals surface area contributed by atoms with Gasteiger partial charge in [-0.15, -0.1) is 0 Å². The lowest BCUT2D eigenvalue weighted by Gasteiger charge is -2.08. The van der Waals surface area contributed by atoms with Crippen molar-refractivity contribution in [2.75, 3.05) is 5.75 Å². The first-order valence-corrected chi connectivity index (χ1v) is 6.75. The van der Waals surface area contributed by atoms with Gasteiger partial charge in [-0.25, -0.2) is 4.79 Å². The predicted molar refractivity (Wildman–Crippen MR) is 79.9 cm³/mol. The van der Waals surface area contributed by atoms with E-state index >= 15 is 0 Å². The van der Waals surface area contributed by atoms with E-state index in [4.69, 9.17) is 0 Å². The average molecular weight is 287 g/mol. The molecule has 1 heterocycles. The number of rotatable bonds is 4. The number of aromatic nitrogens is 2. The van der Waals surface area contributed by atoms with Crippen molar-refractivity contribution in [2.24, 2.45) is 0 Å². The van der Waals surface area contributed by atoms with E-state index in [1.807, 2.05) is 12.1 Å². The summed E-state index contributed by atoms with van der Waals surface area (Å²) in [5.74, 6) is 0.564. The number of hydrogen-bond acceptors (Lipinski definition) is 4. The molecular weight excluding hydrogens is 274 g/mol. The summed E-state index contributed by atoms with van der Waals surface area (Å²) in [5.41, 5.74) is -0.202. The van der Waals surface area contributed by atoms with Gasteiger partial charge < -0.3 is 4.98 Å². The number of aromatic amines is 1. The highest BCUT2D eigenvalue weighted by Gasteiger charge is 2.14. The molecule has 0 fully saturated rings. The second-order valence-electron chi connectivity index (χ2n) is 4.19. The summed E-state index contributed by atoms with van der Waals surface area (Å²) in [6.45, 7) is 0.251. The maximum absolute atomic E-state index is 12.2. The lowest BCUT2D eigenvalue weighted by molar-refractivity contribution is 0.618. The normalized spacial score (nSPS) is 10.2. The molecule has 2 aromatic rings. The van der Waals surface area contributed by atoms with Gasteiger partial charge in [-0.1, -0.05) is 30.3 Å². The zero-order chi connectivity index (χ0) is 14.5.